The van der Waals surface area contributed by atoms with Crippen molar-refractivity contribution in [3.05, 3.63) is 102 Å². The van der Waals surface area contributed by atoms with Crippen LogP contribution in [0.3, 0.4) is 0 Å². The predicted octanol–water partition coefficient (Wildman–Crippen LogP) is 7.12. The van der Waals surface area contributed by atoms with E-state index in [1.165, 1.54) is 0 Å². The molecule has 0 atom stereocenters. The van der Waals surface area contributed by atoms with Gasteiger partial charge in [0.05, 0.1) is 16.7 Å². The predicted molar refractivity (Wildman–Crippen MR) is 139 cm³/mol. The number of pyridine rings is 1. The number of para-hydroxylation sites is 2. The number of nitrogens with zero attached hydrogens (tertiary/aromatic N) is 1. The molecule has 0 saturated heterocycles. The molecule has 0 fully saturated rings. The van der Waals surface area contributed by atoms with Crippen LogP contribution in [0.4, 0.5) is 27.5 Å². The minimum Gasteiger partial charge on any atom is -0.444 e. The lowest BCUT2D eigenvalue weighted by Crippen LogP contribution is -2.13. The van der Waals surface area contributed by atoms with Gasteiger partial charge < -0.3 is 15.8 Å². The van der Waals surface area contributed by atoms with Gasteiger partial charge in [0.25, 0.3) is 0 Å². The minimum absolute atomic E-state index is 0.0595. The zero-order chi connectivity index (χ0) is 23.5. The van der Waals surface area contributed by atoms with Crippen molar-refractivity contribution >= 4 is 62.2 Å². The van der Waals surface area contributed by atoms with E-state index in [1.54, 1.807) is 30.3 Å². The molecule has 1 heterocycles. The number of carbonyl (C=O) groups excluding carboxylic acids is 1. The molecule has 34 heavy (non-hydrogen) atoms. The largest absolute Gasteiger partial charge is 0.444 e. The number of anilines is 4. The molecule has 4 aromatic carbocycles. The van der Waals surface area contributed by atoms with E-state index >= 15 is 0 Å². The molecule has 0 aliphatic rings. The molecule has 4 N–H and O–H groups in total. The van der Waals surface area contributed by atoms with Crippen LogP contribution in [0.25, 0.3) is 21.8 Å². The average Bonchev–Trinajstić information content (AvgIpc) is 2.82. The maximum atomic E-state index is 12.2. The van der Waals surface area contributed by atoms with Crippen molar-refractivity contribution in [3.8, 4) is 0 Å². The Hall–Kier alpha value is -4.29. The zero-order valence-corrected chi connectivity index (χ0v) is 18.8. The molecule has 7 heteroatoms. The summed E-state index contributed by atoms with van der Waals surface area (Å²) in [5, 5.41) is 8.71. The minimum atomic E-state index is -0.578. The summed E-state index contributed by atoms with van der Waals surface area (Å²) in [5.41, 5.74) is 11.6. The molecule has 0 aliphatic carbocycles. The number of carbonyl (C=O) groups is 1. The number of nitrogens with one attached hydrogen (secondary N) is 2. The molecule has 5 rings (SSSR count). The fourth-order valence-electron chi connectivity index (χ4n) is 3.86. The number of rotatable bonds is 5. The molecule has 6 nitrogen and oxygen atoms in total. The fraction of sp³-hybridized carbons (Fsp3) is 0.0370. The Morgan fingerprint density at radius 2 is 1.56 bits per heavy atom. The topological polar surface area (TPSA) is 89.3 Å². The number of nitrogens with two attached hydrogens (primary N) is 1. The maximum absolute atomic E-state index is 12.2. The number of hydrogen-bond acceptors (Lipinski definition) is 5. The molecule has 0 spiro atoms. The number of amides is 1. The van der Waals surface area contributed by atoms with E-state index in [2.05, 4.69) is 10.6 Å². The molecular formula is C27H21ClN4O2. The molecule has 0 bridgehead atoms. The monoisotopic (exact) mass is 468 g/mol. The van der Waals surface area contributed by atoms with Gasteiger partial charge in [0.15, 0.2) is 0 Å². The maximum Gasteiger partial charge on any atom is 0.411 e. The van der Waals surface area contributed by atoms with E-state index in [0.717, 1.165) is 38.7 Å². The second-order valence-electron chi connectivity index (χ2n) is 7.82. The molecule has 1 amide bonds. The van der Waals surface area contributed by atoms with Crippen molar-refractivity contribution in [1.29, 1.82) is 0 Å². The first-order valence-electron chi connectivity index (χ1n) is 10.7. The van der Waals surface area contributed by atoms with Crippen LogP contribution in [-0.4, -0.2) is 11.1 Å². The highest BCUT2D eigenvalue weighted by molar-refractivity contribution is 6.30. The standard InChI is InChI=1S/C27H21ClN4O2/c28-18-6-5-7-20(14-18)31-27(33)34-16-17-12-19(29)15-21(13-17)30-26-22-8-1-3-10-24(22)32-25-11-4-2-9-23(25)26/h1-15H,16,29H2,(H,30,32)(H,31,33). The van der Waals surface area contributed by atoms with Gasteiger partial charge in [-0.15, -0.1) is 0 Å². The van der Waals surface area contributed by atoms with Crippen molar-refractivity contribution in [1.82, 2.24) is 4.98 Å². The van der Waals surface area contributed by atoms with Gasteiger partial charge in [-0.2, -0.15) is 0 Å². The van der Waals surface area contributed by atoms with E-state index in [0.29, 0.717) is 16.4 Å². The van der Waals surface area contributed by atoms with Gasteiger partial charge in [-0.25, -0.2) is 9.78 Å². The second-order valence-corrected chi connectivity index (χ2v) is 8.26. The molecule has 0 radical (unpaired) electrons. The van der Waals surface area contributed by atoms with Gasteiger partial charge in [-0.1, -0.05) is 54.1 Å². The third kappa shape index (κ3) is 4.72. The SMILES string of the molecule is Nc1cc(COC(=O)Nc2cccc(Cl)c2)cc(Nc2c3ccccc3nc3ccccc23)c1. The van der Waals surface area contributed by atoms with Crippen LogP contribution in [0.5, 0.6) is 0 Å². The quantitative estimate of drug-likeness (QED) is 0.189. The first kappa shape index (κ1) is 21.6. The number of ether oxygens (including phenoxy) is 1. The van der Waals surface area contributed by atoms with Gasteiger partial charge >= 0.3 is 6.09 Å². The summed E-state index contributed by atoms with van der Waals surface area (Å²) < 4.78 is 5.39. The summed E-state index contributed by atoms with van der Waals surface area (Å²) in [5.74, 6) is 0. The number of aromatic nitrogens is 1. The number of benzene rings is 4. The van der Waals surface area contributed by atoms with Gasteiger partial charge in [0.1, 0.15) is 6.61 Å². The van der Waals surface area contributed by atoms with Crippen molar-refractivity contribution in [2.45, 2.75) is 6.61 Å². The van der Waals surface area contributed by atoms with E-state index in [1.807, 2.05) is 60.7 Å². The van der Waals surface area contributed by atoms with Gasteiger partial charge in [0.2, 0.25) is 0 Å². The van der Waals surface area contributed by atoms with Crippen molar-refractivity contribution in [2.24, 2.45) is 0 Å². The highest BCUT2D eigenvalue weighted by Crippen LogP contribution is 2.33. The molecule has 0 saturated carbocycles. The Balaban J connectivity index is 1.39. The molecule has 0 aliphatic heterocycles. The number of fused-ring (bicyclic) bond motifs is 2. The number of nitrogen functional groups attached to an aromatic ring is 1. The van der Waals surface area contributed by atoms with E-state index < -0.39 is 6.09 Å². The van der Waals surface area contributed by atoms with Crippen molar-refractivity contribution < 1.29 is 9.53 Å². The highest BCUT2D eigenvalue weighted by Gasteiger charge is 2.11. The first-order chi connectivity index (χ1) is 16.5. The third-order valence-corrected chi connectivity index (χ3v) is 5.55. The molecule has 0 unspecified atom stereocenters. The lowest BCUT2D eigenvalue weighted by atomic mass is 10.1. The van der Waals surface area contributed by atoms with Crippen molar-refractivity contribution in [2.75, 3.05) is 16.4 Å². The smallest absolute Gasteiger partial charge is 0.411 e. The average molecular weight is 469 g/mol. The Labute approximate surface area is 201 Å². The van der Waals surface area contributed by atoms with Crippen LogP contribution in [0.2, 0.25) is 5.02 Å². The molecule has 5 aromatic rings. The van der Waals surface area contributed by atoms with Crippen molar-refractivity contribution in [3.63, 3.8) is 0 Å². The summed E-state index contributed by atoms with van der Waals surface area (Å²) in [6, 6.07) is 28.4. The van der Waals surface area contributed by atoms with Crippen LogP contribution >= 0.6 is 11.6 Å². The Bertz CT molecular complexity index is 1470. The summed E-state index contributed by atoms with van der Waals surface area (Å²) in [6.07, 6.45) is -0.578. The van der Waals surface area contributed by atoms with E-state index in [4.69, 9.17) is 27.1 Å². The Kier molecular flexibility index (Phi) is 5.89. The molecule has 168 valence electrons. The van der Waals surface area contributed by atoms with Crippen LogP contribution < -0.4 is 16.4 Å². The Morgan fingerprint density at radius 3 is 2.26 bits per heavy atom. The normalized spacial score (nSPS) is 10.9. The summed E-state index contributed by atoms with van der Waals surface area (Å²) in [6.45, 7) is 0.0595. The number of hydrogen-bond donors (Lipinski definition) is 3. The van der Waals surface area contributed by atoms with E-state index in [-0.39, 0.29) is 6.61 Å². The van der Waals surface area contributed by atoms with Crippen LogP contribution in [0.1, 0.15) is 5.56 Å². The summed E-state index contributed by atoms with van der Waals surface area (Å²) >= 11 is 5.96. The van der Waals surface area contributed by atoms with E-state index in [9.17, 15) is 4.79 Å². The third-order valence-electron chi connectivity index (χ3n) is 5.31. The van der Waals surface area contributed by atoms with Crippen LogP contribution in [0.15, 0.2) is 91.0 Å². The first-order valence-corrected chi connectivity index (χ1v) is 11.1. The lowest BCUT2D eigenvalue weighted by Gasteiger charge is -2.15. The highest BCUT2D eigenvalue weighted by atomic mass is 35.5. The zero-order valence-electron chi connectivity index (χ0n) is 18.1. The van der Waals surface area contributed by atoms with Crippen LogP contribution in [-0.2, 0) is 11.3 Å². The number of halogens is 1. The summed E-state index contributed by atoms with van der Waals surface area (Å²) in [7, 11) is 0. The molecular weight excluding hydrogens is 448 g/mol. The van der Waals surface area contributed by atoms with Gasteiger partial charge in [-0.05, 0) is 54.1 Å². The Morgan fingerprint density at radius 1 is 0.853 bits per heavy atom. The van der Waals surface area contributed by atoms with Crippen LogP contribution in [0, 0.1) is 0 Å². The lowest BCUT2D eigenvalue weighted by molar-refractivity contribution is 0.155. The van der Waals surface area contributed by atoms with Gasteiger partial charge in [-0.3, -0.25) is 5.32 Å². The fourth-order valence-corrected chi connectivity index (χ4v) is 4.05. The second kappa shape index (κ2) is 9.29. The molecule has 1 aromatic heterocycles. The van der Waals surface area contributed by atoms with Gasteiger partial charge in [0, 0.05) is 32.9 Å². The summed E-state index contributed by atoms with van der Waals surface area (Å²) in [4.78, 5) is 17.0.